The summed E-state index contributed by atoms with van der Waals surface area (Å²) in [7, 11) is -3.83. The molecule has 0 saturated carbocycles. The van der Waals surface area contributed by atoms with Gasteiger partial charge in [0.2, 0.25) is 10.0 Å². The molecule has 1 atom stereocenters. The fraction of sp³-hybridized carbons (Fsp3) is 0.385. The van der Waals surface area contributed by atoms with E-state index in [2.05, 4.69) is 9.97 Å². The normalized spacial score (nSPS) is 23.2. The highest BCUT2D eigenvalue weighted by Gasteiger charge is 2.45. The van der Waals surface area contributed by atoms with Gasteiger partial charge in [0.05, 0.1) is 15.8 Å². The number of sulfonamides is 1. The van der Waals surface area contributed by atoms with Gasteiger partial charge < -0.3 is 10.1 Å². The van der Waals surface area contributed by atoms with Crippen molar-refractivity contribution in [2.24, 2.45) is 5.41 Å². The summed E-state index contributed by atoms with van der Waals surface area (Å²) in [6, 6.07) is 1.52. The summed E-state index contributed by atoms with van der Waals surface area (Å²) >= 11 is 6.09. The molecule has 1 fully saturated rings. The van der Waals surface area contributed by atoms with Crippen molar-refractivity contribution < 1.29 is 18.3 Å². The Morgan fingerprint density at radius 1 is 1.55 bits per heavy atom. The maximum atomic E-state index is 12.8. The van der Waals surface area contributed by atoms with Crippen molar-refractivity contribution in [3.8, 4) is 0 Å². The van der Waals surface area contributed by atoms with Crippen LogP contribution in [0.1, 0.15) is 13.3 Å². The summed E-state index contributed by atoms with van der Waals surface area (Å²) in [6.07, 6.45) is 3.10. The van der Waals surface area contributed by atoms with Gasteiger partial charge in [0.1, 0.15) is 10.5 Å². The van der Waals surface area contributed by atoms with Crippen LogP contribution in [0.5, 0.6) is 0 Å². The first-order valence-electron chi connectivity index (χ1n) is 6.61. The highest BCUT2D eigenvalue weighted by molar-refractivity contribution is 7.89. The summed E-state index contributed by atoms with van der Waals surface area (Å²) in [4.78, 5) is 18.1. The molecule has 0 spiro atoms. The van der Waals surface area contributed by atoms with Gasteiger partial charge in [0, 0.05) is 25.5 Å². The first-order valence-corrected chi connectivity index (χ1v) is 8.43. The van der Waals surface area contributed by atoms with E-state index in [0.717, 1.165) is 0 Å². The lowest BCUT2D eigenvalue weighted by Gasteiger charge is -2.19. The number of halogens is 1. The number of hydrogen-bond acceptors (Lipinski definition) is 4. The topological polar surface area (TPSA) is 103 Å². The molecule has 1 saturated heterocycles. The van der Waals surface area contributed by atoms with E-state index in [1.54, 1.807) is 6.92 Å². The second-order valence-corrected chi connectivity index (χ2v) is 7.94. The van der Waals surface area contributed by atoms with Gasteiger partial charge in [0.15, 0.2) is 0 Å². The molecule has 2 aromatic rings. The molecule has 0 amide bonds. The molecule has 0 bridgehead atoms. The van der Waals surface area contributed by atoms with Gasteiger partial charge in [0.25, 0.3) is 0 Å². The highest BCUT2D eigenvalue weighted by atomic mass is 35.5. The van der Waals surface area contributed by atoms with Crippen LogP contribution in [-0.2, 0) is 14.8 Å². The first kappa shape index (κ1) is 15.3. The van der Waals surface area contributed by atoms with Crippen molar-refractivity contribution in [1.29, 1.82) is 0 Å². The molecule has 3 rings (SSSR count). The van der Waals surface area contributed by atoms with Gasteiger partial charge in [-0.05, 0) is 19.4 Å². The van der Waals surface area contributed by atoms with Crippen LogP contribution in [0, 0.1) is 5.41 Å². The summed E-state index contributed by atoms with van der Waals surface area (Å²) in [5, 5.41) is 9.85. The molecular weight excluding hydrogens is 330 g/mol. The van der Waals surface area contributed by atoms with Crippen LogP contribution in [0.3, 0.4) is 0 Å². The highest BCUT2D eigenvalue weighted by Crippen LogP contribution is 2.36. The van der Waals surface area contributed by atoms with Crippen molar-refractivity contribution in [1.82, 2.24) is 14.3 Å². The Kier molecular flexibility index (Phi) is 3.42. The minimum Gasteiger partial charge on any atom is -0.481 e. The molecule has 1 aliphatic heterocycles. The van der Waals surface area contributed by atoms with Crippen LogP contribution in [0.4, 0.5) is 0 Å². The van der Waals surface area contributed by atoms with Crippen LogP contribution in [-0.4, -0.2) is 46.9 Å². The number of aromatic nitrogens is 2. The van der Waals surface area contributed by atoms with Crippen LogP contribution in [0.2, 0.25) is 5.02 Å². The number of rotatable bonds is 3. The minimum absolute atomic E-state index is 0.0234. The minimum atomic E-state index is -3.83. The average Bonchev–Trinajstić information content (AvgIpc) is 3.05. The van der Waals surface area contributed by atoms with E-state index >= 15 is 0 Å². The molecule has 22 heavy (non-hydrogen) atoms. The zero-order valence-corrected chi connectivity index (χ0v) is 13.3. The summed E-state index contributed by atoms with van der Waals surface area (Å²) < 4.78 is 26.8. The third-order valence-corrected chi connectivity index (χ3v) is 6.24. The molecular formula is C13H14ClN3O4S. The lowest BCUT2D eigenvalue weighted by molar-refractivity contribution is -0.146. The molecule has 1 unspecified atom stereocenters. The predicted molar refractivity (Wildman–Crippen MR) is 80.2 cm³/mol. The van der Waals surface area contributed by atoms with Crippen LogP contribution < -0.4 is 0 Å². The number of aromatic amines is 1. The number of H-pyrrole nitrogens is 1. The average molecular weight is 344 g/mol. The lowest BCUT2D eigenvalue weighted by atomic mass is 9.90. The molecule has 3 heterocycles. The quantitative estimate of drug-likeness (QED) is 0.882. The zero-order valence-electron chi connectivity index (χ0n) is 11.7. The fourth-order valence-corrected chi connectivity index (χ4v) is 4.67. The number of nitrogens with zero attached hydrogens (tertiary/aromatic N) is 2. The number of fused-ring (bicyclic) bond motifs is 1. The maximum Gasteiger partial charge on any atom is 0.310 e. The fourth-order valence-electron chi connectivity index (χ4n) is 2.63. The number of carbonyl (C=O) groups is 1. The van der Waals surface area contributed by atoms with E-state index in [9.17, 15) is 18.3 Å². The summed E-state index contributed by atoms with van der Waals surface area (Å²) in [6.45, 7) is 1.65. The van der Waals surface area contributed by atoms with Crippen LogP contribution in [0.25, 0.3) is 11.0 Å². The van der Waals surface area contributed by atoms with E-state index in [1.165, 1.54) is 22.8 Å². The van der Waals surface area contributed by atoms with Crippen molar-refractivity contribution in [2.45, 2.75) is 18.2 Å². The van der Waals surface area contributed by atoms with Crippen molar-refractivity contribution >= 4 is 38.6 Å². The number of hydrogen-bond donors (Lipinski definition) is 2. The molecule has 7 nitrogen and oxygen atoms in total. The zero-order chi connectivity index (χ0) is 16.1. The first-order chi connectivity index (χ1) is 10.3. The Balaban J connectivity index is 2.05. The molecule has 0 aromatic carbocycles. The molecule has 118 valence electrons. The van der Waals surface area contributed by atoms with Gasteiger partial charge in [-0.25, -0.2) is 13.4 Å². The molecule has 2 aromatic heterocycles. The Morgan fingerprint density at radius 2 is 2.27 bits per heavy atom. The number of aliphatic carboxylic acids is 1. The number of carboxylic acid groups (broad SMARTS) is 1. The van der Waals surface area contributed by atoms with E-state index in [0.29, 0.717) is 11.0 Å². The second-order valence-electron chi connectivity index (χ2n) is 5.62. The van der Waals surface area contributed by atoms with Crippen molar-refractivity contribution in [3.63, 3.8) is 0 Å². The SMILES string of the molecule is CC1(C(=O)O)CCN(S(=O)(=O)c2c[nH]c3nccc(Cl)c23)C1. The Labute approximate surface area is 132 Å². The van der Waals surface area contributed by atoms with Gasteiger partial charge in [-0.15, -0.1) is 0 Å². The standard InChI is InChI=1S/C13H14ClN3O4S/c1-13(12(18)19)3-5-17(7-13)22(20,21)9-6-16-11-10(9)8(14)2-4-15-11/h2,4,6H,3,5,7H2,1H3,(H,15,16)(H,18,19). The monoisotopic (exact) mass is 343 g/mol. The van der Waals surface area contributed by atoms with Gasteiger partial charge >= 0.3 is 5.97 Å². The largest absolute Gasteiger partial charge is 0.481 e. The predicted octanol–water partition coefficient (Wildman–Crippen LogP) is 1.70. The van der Waals surface area contributed by atoms with E-state index in [4.69, 9.17) is 11.6 Å². The van der Waals surface area contributed by atoms with E-state index in [-0.39, 0.29) is 29.4 Å². The molecule has 9 heteroatoms. The number of carboxylic acids is 1. The van der Waals surface area contributed by atoms with Crippen LogP contribution in [0.15, 0.2) is 23.4 Å². The molecule has 2 N–H and O–H groups in total. The summed E-state index contributed by atoms with van der Waals surface area (Å²) in [5.74, 6) is -0.996. The van der Waals surface area contributed by atoms with Crippen LogP contribution >= 0.6 is 11.6 Å². The lowest BCUT2D eigenvalue weighted by Crippen LogP contribution is -2.34. The van der Waals surface area contributed by atoms with Crippen molar-refractivity contribution in [3.05, 3.63) is 23.5 Å². The Bertz CT molecular complexity index is 863. The van der Waals surface area contributed by atoms with E-state index in [1.807, 2.05) is 0 Å². The van der Waals surface area contributed by atoms with E-state index < -0.39 is 21.4 Å². The van der Waals surface area contributed by atoms with Crippen molar-refractivity contribution in [2.75, 3.05) is 13.1 Å². The Morgan fingerprint density at radius 3 is 2.91 bits per heavy atom. The number of nitrogens with one attached hydrogen (secondary N) is 1. The number of pyridine rings is 1. The van der Waals surface area contributed by atoms with Gasteiger partial charge in [-0.1, -0.05) is 11.6 Å². The molecule has 1 aliphatic rings. The van der Waals surface area contributed by atoms with Gasteiger partial charge in [-0.3, -0.25) is 4.79 Å². The summed E-state index contributed by atoms with van der Waals surface area (Å²) in [5.41, 5.74) is -0.687. The van der Waals surface area contributed by atoms with Gasteiger partial charge in [-0.2, -0.15) is 4.31 Å². The maximum absolute atomic E-state index is 12.8. The Hall–Kier alpha value is -1.64. The molecule has 0 radical (unpaired) electrons. The third kappa shape index (κ3) is 2.18. The smallest absolute Gasteiger partial charge is 0.310 e. The third-order valence-electron chi connectivity index (χ3n) is 4.06. The second kappa shape index (κ2) is 4.94. The molecule has 0 aliphatic carbocycles.